The number of aliphatic carboxylic acids is 1. The highest BCUT2D eigenvalue weighted by molar-refractivity contribution is 5.88. The Balaban J connectivity index is 1.53. The first-order chi connectivity index (χ1) is 16.4. The lowest BCUT2D eigenvalue weighted by Gasteiger charge is -2.61. The van der Waals surface area contributed by atoms with Crippen LogP contribution >= 0.6 is 0 Å². The molecule has 0 bridgehead atoms. The molecule has 10 atom stereocenters. The number of nitrogens with one attached hydrogen (secondary N) is 1. The van der Waals surface area contributed by atoms with Crippen LogP contribution in [0.1, 0.15) is 92.4 Å². The van der Waals surface area contributed by atoms with Crippen molar-refractivity contribution in [3.05, 3.63) is 0 Å². The zero-order valence-electron chi connectivity index (χ0n) is 22.3. The maximum Gasteiger partial charge on any atom is 0.322 e. The first kappa shape index (κ1) is 26.3. The van der Waals surface area contributed by atoms with E-state index in [0.29, 0.717) is 48.1 Å². The van der Waals surface area contributed by atoms with Crippen molar-refractivity contribution in [3.63, 3.8) is 0 Å². The maximum atomic E-state index is 14.0. The number of rotatable bonds is 7. The Bertz CT molecular complexity index is 884. The van der Waals surface area contributed by atoms with Crippen molar-refractivity contribution in [1.82, 2.24) is 5.32 Å². The van der Waals surface area contributed by atoms with E-state index in [9.17, 15) is 19.2 Å². The lowest BCUT2D eigenvalue weighted by Crippen LogP contribution is -2.60. The minimum Gasteiger partial charge on any atom is -0.480 e. The number of Topliss-reactive ketones (excluding diaryl/α,β-unsaturated/α-hetero) is 2. The smallest absolute Gasteiger partial charge is 0.322 e. The molecule has 196 valence electrons. The standard InChI is InChI=1S/C29H45NO5/c1-6-19-23-14-18(31)9-11-29(23,5)22-10-12-28(4)20(7-8-21(28)25(22)26(19)34)16(2)13-17(3)27(35)30-15-24(32)33/h16-17,19-23,25H,6-15H2,1-5H3,(H,30,35)(H,32,33)/t16-,17+,19-,20-,21?,22?,23?,25?,28-,29-/m1/s1. The predicted octanol–water partition coefficient (Wildman–Crippen LogP) is 4.89. The number of carbonyl (C=O) groups is 4. The van der Waals surface area contributed by atoms with Crippen molar-refractivity contribution in [3.8, 4) is 0 Å². The third kappa shape index (κ3) is 4.37. The molecule has 6 heteroatoms. The van der Waals surface area contributed by atoms with E-state index in [1.807, 2.05) is 6.92 Å². The number of hydrogen-bond donors (Lipinski definition) is 2. The average molecular weight is 488 g/mol. The van der Waals surface area contributed by atoms with Gasteiger partial charge in [0.05, 0.1) is 0 Å². The second-order valence-corrected chi connectivity index (χ2v) is 13.0. The molecule has 4 unspecified atom stereocenters. The fourth-order valence-corrected chi connectivity index (χ4v) is 9.59. The summed E-state index contributed by atoms with van der Waals surface area (Å²) in [6.45, 7) is 10.7. The third-order valence-electron chi connectivity index (χ3n) is 11.3. The Hall–Kier alpha value is -1.72. The van der Waals surface area contributed by atoms with Gasteiger partial charge in [-0.2, -0.15) is 0 Å². The monoisotopic (exact) mass is 487 g/mol. The lowest BCUT2D eigenvalue weighted by atomic mass is 9.42. The summed E-state index contributed by atoms with van der Waals surface area (Å²) in [5, 5.41) is 11.4. The van der Waals surface area contributed by atoms with Crippen molar-refractivity contribution in [1.29, 1.82) is 0 Å². The van der Waals surface area contributed by atoms with Crippen LogP contribution in [-0.2, 0) is 19.2 Å². The zero-order valence-corrected chi connectivity index (χ0v) is 22.3. The quantitative estimate of drug-likeness (QED) is 0.532. The summed E-state index contributed by atoms with van der Waals surface area (Å²) in [5.41, 5.74) is 0.189. The molecule has 0 radical (unpaired) electrons. The van der Waals surface area contributed by atoms with E-state index < -0.39 is 5.97 Å². The van der Waals surface area contributed by atoms with Crippen molar-refractivity contribution >= 4 is 23.4 Å². The Morgan fingerprint density at radius 1 is 1.03 bits per heavy atom. The molecule has 0 aliphatic heterocycles. The van der Waals surface area contributed by atoms with Crippen LogP contribution in [-0.4, -0.2) is 35.1 Å². The van der Waals surface area contributed by atoms with E-state index >= 15 is 0 Å². The number of carboxylic acid groups (broad SMARTS) is 1. The number of fused-ring (bicyclic) bond motifs is 5. The molecule has 0 aromatic rings. The molecule has 4 rings (SSSR count). The number of ketones is 2. The van der Waals surface area contributed by atoms with Crippen LogP contribution in [0.5, 0.6) is 0 Å². The molecule has 1 amide bonds. The SMILES string of the molecule is CC[C@H]1C(=O)C2C(CC[C@@]3(C)C2CC[C@@H]3[C@H](C)C[C@H](C)C(=O)NCC(=O)O)[C@@]2(C)CCC(=O)CC12. The Morgan fingerprint density at radius 3 is 2.37 bits per heavy atom. The molecule has 0 aromatic heterocycles. The highest BCUT2D eigenvalue weighted by Crippen LogP contribution is 2.68. The van der Waals surface area contributed by atoms with E-state index in [-0.39, 0.29) is 47.0 Å². The van der Waals surface area contributed by atoms with Gasteiger partial charge >= 0.3 is 5.97 Å². The van der Waals surface area contributed by atoms with Gasteiger partial charge in [-0.1, -0.05) is 34.6 Å². The summed E-state index contributed by atoms with van der Waals surface area (Å²) >= 11 is 0. The second kappa shape index (κ2) is 9.63. The van der Waals surface area contributed by atoms with E-state index in [1.54, 1.807) is 0 Å². The largest absolute Gasteiger partial charge is 0.480 e. The Labute approximate surface area is 210 Å². The summed E-state index contributed by atoms with van der Waals surface area (Å²) in [6.07, 6.45) is 8.13. The van der Waals surface area contributed by atoms with Gasteiger partial charge in [0, 0.05) is 30.6 Å². The molecule has 4 aliphatic carbocycles. The molecule has 0 saturated heterocycles. The first-order valence-electron chi connectivity index (χ1n) is 14.0. The molecule has 2 N–H and O–H groups in total. The fraction of sp³-hybridized carbons (Fsp3) is 0.862. The predicted molar refractivity (Wildman–Crippen MR) is 133 cm³/mol. The molecule has 4 fully saturated rings. The fourth-order valence-electron chi connectivity index (χ4n) is 9.59. The van der Waals surface area contributed by atoms with Crippen LogP contribution in [0.3, 0.4) is 0 Å². The summed E-state index contributed by atoms with van der Waals surface area (Å²) in [6, 6.07) is 0. The summed E-state index contributed by atoms with van der Waals surface area (Å²) in [5.74, 6) is 1.27. The average Bonchev–Trinajstić information content (AvgIpc) is 3.16. The molecule has 35 heavy (non-hydrogen) atoms. The van der Waals surface area contributed by atoms with Gasteiger partial charge in [-0.3, -0.25) is 19.2 Å². The number of hydrogen-bond acceptors (Lipinski definition) is 4. The topological polar surface area (TPSA) is 101 Å². The molecular formula is C29H45NO5. The van der Waals surface area contributed by atoms with Crippen LogP contribution in [0.2, 0.25) is 0 Å². The minimum absolute atomic E-state index is 0.0160. The molecular weight excluding hydrogens is 442 g/mol. The van der Waals surface area contributed by atoms with Gasteiger partial charge in [-0.05, 0) is 85.4 Å². The molecule has 4 saturated carbocycles. The molecule has 0 spiro atoms. The van der Waals surface area contributed by atoms with Gasteiger partial charge < -0.3 is 10.4 Å². The van der Waals surface area contributed by atoms with Crippen LogP contribution < -0.4 is 5.32 Å². The van der Waals surface area contributed by atoms with Crippen LogP contribution in [0.25, 0.3) is 0 Å². The van der Waals surface area contributed by atoms with Gasteiger partial charge in [0.2, 0.25) is 5.91 Å². The van der Waals surface area contributed by atoms with Crippen molar-refractivity contribution < 1.29 is 24.3 Å². The molecule has 0 heterocycles. The molecule has 6 nitrogen and oxygen atoms in total. The Morgan fingerprint density at radius 2 is 1.71 bits per heavy atom. The molecule has 0 aromatic carbocycles. The van der Waals surface area contributed by atoms with Crippen molar-refractivity contribution in [2.24, 2.45) is 58.2 Å². The second-order valence-electron chi connectivity index (χ2n) is 13.0. The van der Waals surface area contributed by atoms with Crippen molar-refractivity contribution in [2.45, 2.75) is 92.4 Å². The van der Waals surface area contributed by atoms with Gasteiger partial charge in [0.15, 0.2) is 0 Å². The van der Waals surface area contributed by atoms with E-state index in [0.717, 1.165) is 44.9 Å². The third-order valence-corrected chi connectivity index (χ3v) is 11.3. The summed E-state index contributed by atoms with van der Waals surface area (Å²) in [7, 11) is 0. The number of carbonyl (C=O) groups excluding carboxylic acids is 3. The van der Waals surface area contributed by atoms with Crippen LogP contribution in [0, 0.1) is 58.2 Å². The zero-order chi connectivity index (χ0) is 25.7. The normalized spacial score (nSPS) is 42.4. The maximum absolute atomic E-state index is 14.0. The van der Waals surface area contributed by atoms with Gasteiger partial charge in [0.1, 0.15) is 18.1 Å². The minimum atomic E-state index is -1.03. The lowest BCUT2D eigenvalue weighted by molar-refractivity contribution is -0.170. The van der Waals surface area contributed by atoms with Crippen LogP contribution in [0.15, 0.2) is 0 Å². The number of carboxylic acids is 1. The first-order valence-corrected chi connectivity index (χ1v) is 14.0. The van der Waals surface area contributed by atoms with E-state index in [2.05, 4.69) is 33.0 Å². The van der Waals surface area contributed by atoms with Gasteiger partial charge in [-0.15, -0.1) is 0 Å². The summed E-state index contributed by atoms with van der Waals surface area (Å²) in [4.78, 5) is 49.6. The van der Waals surface area contributed by atoms with E-state index in [1.165, 1.54) is 0 Å². The number of amides is 1. The molecule has 4 aliphatic rings. The van der Waals surface area contributed by atoms with Gasteiger partial charge in [0.25, 0.3) is 0 Å². The van der Waals surface area contributed by atoms with E-state index in [4.69, 9.17) is 5.11 Å². The van der Waals surface area contributed by atoms with Gasteiger partial charge in [-0.25, -0.2) is 0 Å². The summed E-state index contributed by atoms with van der Waals surface area (Å²) < 4.78 is 0. The van der Waals surface area contributed by atoms with Crippen LogP contribution in [0.4, 0.5) is 0 Å². The van der Waals surface area contributed by atoms with Crippen molar-refractivity contribution in [2.75, 3.05) is 6.54 Å². The highest BCUT2D eigenvalue weighted by atomic mass is 16.4. The Kier molecular flexibility index (Phi) is 7.25. The highest BCUT2D eigenvalue weighted by Gasteiger charge is 2.65.